The maximum Gasteiger partial charge on any atom is 0.289 e. The Bertz CT molecular complexity index is 1160. The molecule has 1 amide bonds. The topological polar surface area (TPSA) is 103 Å². The Balaban J connectivity index is 1.39. The van der Waals surface area contributed by atoms with E-state index in [1.807, 2.05) is 6.92 Å². The first-order valence-electron chi connectivity index (χ1n) is 10.2. The number of hydrogen-bond donors (Lipinski definition) is 1. The van der Waals surface area contributed by atoms with E-state index in [1.165, 1.54) is 41.1 Å². The molecule has 10 heteroatoms. The summed E-state index contributed by atoms with van der Waals surface area (Å²) < 4.78 is 2.06. The van der Waals surface area contributed by atoms with Crippen LogP contribution in [0.1, 0.15) is 42.1 Å². The number of nitrogens with zero attached hydrogens (tertiary/aromatic N) is 4. The zero-order chi connectivity index (χ0) is 22.8. The number of carbonyl (C=O) groups is 1. The summed E-state index contributed by atoms with van der Waals surface area (Å²) in [6, 6.07) is 12.8. The maximum atomic E-state index is 12.4. The first kappa shape index (κ1) is 22.3. The highest BCUT2D eigenvalue weighted by atomic mass is 35.5. The van der Waals surface area contributed by atoms with Gasteiger partial charge in [-0.3, -0.25) is 14.9 Å². The van der Waals surface area contributed by atoms with Crippen molar-refractivity contribution in [1.29, 1.82) is 0 Å². The van der Waals surface area contributed by atoms with Crippen molar-refractivity contribution in [3.05, 3.63) is 74.6 Å². The third-order valence-electron chi connectivity index (χ3n) is 5.45. The second-order valence-corrected chi connectivity index (χ2v) is 9.05. The number of thioether (sulfide) groups is 1. The summed E-state index contributed by atoms with van der Waals surface area (Å²) in [5.74, 6) is 1.56. The maximum absolute atomic E-state index is 12.4. The number of amides is 1. The van der Waals surface area contributed by atoms with Gasteiger partial charge in [-0.25, -0.2) is 0 Å². The third kappa shape index (κ3) is 4.78. The van der Waals surface area contributed by atoms with Crippen LogP contribution >= 0.6 is 23.4 Å². The SMILES string of the molecule is CCn1c(SCC(=O)Nc2ccc(Cl)c([N+](=O)[O-])c2)nnc1C1CC1c1ccc(C)cc1. The summed E-state index contributed by atoms with van der Waals surface area (Å²) in [5.41, 5.74) is 2.63. The highest BCUT2D eigenvalue weighted by Crippen LogP contribution is 2.54. The molecule has 2 atom stereocenters. The van der Waals surface area contributed by atoms with Crippen LogP contribution in [0.2, 0.25) is 5.02 Å². The van der Waals surface area contributed by atoms with Gasteiger partial charge in [0.05, 0.1) is 10.7 Å². The number of benzene rings is 2. The number of hydrogen-bond acceptors (Lipinski definition) is 6. The second kappa shape index (κ2) is 9.30. The molecular formula is C22H22ClN5O3S. The number of rotatable bonds is 8. The fourth-order valence-electron chi connectivity index (χ4n) is 3.70. The van der Waals surface area contributed by atoms with Crippen LogP contribution in [0.3, 0.4) is 0 Å². The van der Waals surface area contributed by atoms with Gasteiger partial charge in [-0.1, -0.05) is 53.2 Å². The summed E-state index contributed by atoms with van der Waals surface area (Å²) in [6.45, 7) is 4.83. The van der Waals surface area contributed by atoms with Crippen LogP contribution in [0.25, 0.3) is 0 Å². The number of carbonyl (C=O) groups excluding carboxylic acids is 1. The highest BCUT2D eigenvalue weighted by molar-refractivity contribution is 7.99. The number of halogens is 1. The van der Waals surface area contributed by atoms with Crippen LogP contribution in [-0.4, -0.2) is 31.3 Å². The van der Waals surface area contributed by atoms with Crippen molar-refractivity contribution in [1.82, 2.24) is 14.8 Å². The van der Waals surface area contributed by atoms with Crippen molar-refractivity contribution in [2.24, 2.45) is 0 Å². The largest absolute Gasteiger partial charge is 0.325 e. The molecular weight excluding hydrogens is 450 g/mol. The summed E-state index contributed by atoms with van der Waals surface area (Å²) in [6.07, 6.45) is 1.04. The number of anilines is 1. The average Bonchev–Trinajstić information content (AvgIpc) is 3.45. The van der Waals surface area contributed by atoms with E-state index >= 15 is 0 Å². The van der Waals surface area contributed by atoms with Crippen molar-refractivity contribution in [2.75, 3.05) is 11.1 Å². The Labute approximate surface area is 194 Å². The molecule has 0 radical (unpaired) electrons. The molecule has 8 nitrogen and oxygen atoms in total. The molecule has 0 bridgehead atoms. The minimum absolute atomic E-state index is 0.0231. The van der Waals surface area contributed by atoms with Gasteiger partial charge in [0.25, 0.3) is 5.69 Å². The molecule has 1 aliphatic rings. The van der Waals surface area contributed by atoms with Crippen molar-refractivity contribution in [3.8, 4) is 0 Å². The van der Waals surface area contributed by atoms with Crippen LogP contribution in [0, 0.1) is 17.0 Å². The summed E-state index contributed by atoms with van der Waals surface area (Å²) in [5, 5.41) is 23.1. The highest BCUT2D eigenvalue weighted by Gasteiger charge is 2.43. The molecule has 32 heavy (non-hydrogen) atoms. The monoisotopic (exact) mass is 471 g/mol. The molecule has 1 saturated carbocycles. The van der Waals surface area contributed by atoms with E-state index in [1.54, 1.807) is 0 Å². The van der Waals surface area contributed by atoms with Gasteiger partial charge in [0.1, 0.15) is 10.8 Å². The molecule has 1 fully saturated rings. The van der Waals surface area contributed by atoms with Gasteiger partial charge in [0.15, 0.2) is 5.16 Å². The van der Waals surface area contributed by atoms with Crippen LogP contribution in [-0.2, 0) is 11.3 Å². The molecule has 2 unspecified atom stereocenters. The quantitative estimate of drug-likeness (QED) is 0.276. The smallest absolute Gasteiger partial charge is 0.289 e. The van der Waals surface area contributed by atoms with Gasteiger partial charge in [-0.15, -0.1) is 10.2 Å². The Kier molecular flexibility index (Phi) is 6.48. The zero-order valence-corrected chi connectivity index (χ0v) is 19.2. The Morgan fingerprint density at radius 3 is 2.69 bits per heavy atom. The molecule has 3 aromatic rings. The van der Waals surface area contributed by atoms with Crippen LogP contribution in [0.15, 0.2) is 47.6 Å². The number of aryl methyl sites for hydroxylation is 1. The molecule has 4 rings (SSSR count). The lowest BCUT2D eigenvalue weighted by Gasteiger charge is -2.08. The van der Waals surface area contributed by atoms with E-state index in [-0.39, 0.29) is 22.4 Å². The van der Waals surface area contributed by atoms with Crippen LogP contribution in [0.5, 0.6) is 0 Å². The zero-order valence-electron chi connectivity index (χ0n) is 17.6. The van der Waals surface area contributed by atoms with E-state index in [4.69, 9.17) is 11.6 Å². The predicted octanol–water partition coefficient (Wildman–Crippen LogP) is 5.17. The lowest BCUT2D eigenvalue weighted by atomic mass is 10.1. The minimum Gasteiger partial charge on any atom is -0.325 e. The van der Waals surface area contributed by atoms with Crippen molar-refractivity contribution in [3.63, 3.8) is 0 Å². The summed E-state index contributed by atoms with van der Waals surface area (Å²) >= 11 is 7.11. The number of nitrogens with one attached hydrogen (secondary N) is 1. The molecule has 1 aliphatic carbocycles. The first-order valence-corrected chi connectivity index (χ1v) is 11.6. The van der Waals surface area contributed by atoms with Crippen LogP contribution < -0.4 is 5.32 Å². The molecule has 0 saturated heterocycles. The second-order valence-electron chi connectivity index (χ2n) is 7.70. The molecule has 0 aliphatic heterocycles. The molecule has 1 aromatic heterocycles. The van der Waals surface area contributed by atoms with Crippen molar-refractivity contribution >= 4 is 40.6 Å². The third-order valence-corrected chi connectivity index (χ3v) is 6.73. The average molecular weight is 472 g/mol. The van der Waals surface area contributed by atoms with E-state index in [9.17, 15) is 14.9 Å². The van der Waals surface area contributed by atoms with Crippen molar-refractivity contribution < 1.29 is 9.72 Å². The van der Waals surface area contributed by atoms with Gasteiger partial charge in [0, 0.05) is 24.2 Å². The number of nitro groups is 1. The van der Waals surface area contributed by atoms with Crippen LogP contribution in [0.4, 0.5) is 11.4 Å². The molecule has 166 valence electrons. The Hall–Kier alpha value is -2.91. The fourth-order valence-corrected chi connectivity index (χ4v) is 4.69. The first-order chi connectivity index (χ1) is 15.4. The standard InChI is InChI=1S/C22H22ClN5O3S/c1-3-27-21(17-11-16(17)14-6-4-13(2)5-7-14)25-26-22(27)32-12-20(29)24-15-8-9-18(23)19(10-15)28(30)31/h4-10,16-17H,3,11-12H2,1-2H3,(H,24,29). The van der Waals surface area contributed by atoms with Gasteiger partial charge < -0.3 is 9.88 Å². The van der Waals surface area contributed by atoms with E-state index < -0.39 is 4.92 Å². The van der Waals surface area contributed by atoms with E-state index in [0.717, 1.165) is 12.2 Å². The van der Waals surface area contributed by atoms with Gasteiger partial charge in [-0.05, 0) is 43.9 Å². The minimum atomic E-state index is -0.584. The van der Waals surface area contributed by atoms with E-state index in [2.05, 4.69) is 51.3 Å². The van der Waals surface area contributed by atoms with Crippen molar-refractivity contribution in [2.45, 2.75) is 43.8 Å². The normalized spacial score (nSPS) is 17.2. The van der Waals surface area contributed by atoms with Gasteiger partial charge >= 0.3 is 0 Å². The molecule has 1 N–H and O–H groups in total. The summed E-state index contributed by atoms with van der Waals surface area (Å²) in [7, 11) is 0. The molecule has 1 heterocycles. The Morgan fingerprint density at radius 2 is 2.00 bits per heavy atom. The lowest BCUT2D eigenvalue weighted by molar-refractivity contribution is -0.384. The Morgan fingerprint density at radius 1 is 1.25 bits per heavy atom. The summed E-state index contributed by atoms with van der Waals surface area (Å²) in [4.78, 5) is 22.8. The van der Waals surface area contributed by atoms with Gasteiger partial charge in [0.2, 0.25) is 5.91 Å². The molecule has 2 aromatic carbocycles. The number of aromatic nitrogens is 3. The lowest BCUT2D eigenvalue weighted by Crippen LogP contribution is -2.15. The molecule has 0 spiro atoms. The van der Waals surface area contributed by atoms with E-state index in [0.29, 0.717) is 29.2 Å². The fraction of sp³-hybridized carbons (Fsp3) is 0.318. The van der Waals surface area contributed by atoms with Gasteiger partial charge in [-0.2, -0.15) is 0 Å². The predicted molar refractivity (Wildman–Crippen MR) is 124 cm³/mol. The number of nitro benzene ring substituents is 1.